The Morgan fingerprint density at radius 2 is 2.08 bits per heavy atom. The van der Waals surface area contributed by atoms with Crippen LogP contribution in [0.2, 0.25) is 5.02 Å². The molecule has 0 saturated carbocycles. The Kier molecular flexibility index (Phi) is 6.40. The highest BCUT2D eigenvalue weighted by molar-refractivity contribution is 6.30. The number of ether oxygens (including phenoxy) is 2. The average molecular weight is 372 g/mol. The van der Waals surface area contributed by atoms with E-state index in [0.717, 1.165) is 12.0 Å². The maximum absolute atomic E-state index is 13.6. The summed E-state index contributed by atoms with van der Waals surface area (Å²) >= 11 is 5.70. The van der Waals surface area contributed by atoms with Gasteiger partial charge in [0.05, 0.1) is 23.9 Å². The monoisotopic (exact) mass is 371 g/mol. The number of aromatic nitrogens is 1. The van der Waals surface area contributed by atoms with Gasteiger partial charge in [0.25, 0.3) is 0 Å². The topological polar surface area (TPSA) is 31.4 Å². The van der Waals surface area contributed by atoms with Gasteiger partial charge in [0.15, 0.2) is 0 Å². The van der Waals surface area contributed by atoms with Crippen molar-refractivity contribution in [1.82, 2.24) is 4.98 Å². The summed E-state index contributed by atoms with van der Waals surface area (Å²) in [6.45, 7) is 3.31. The first-order valence-corrected chi connectivity index (χ1v) is 8.86. The van der Waals surface area contributed by atoms with E-state index in [9.17, 15) is 4.39 Å². The van der Waals surface area contributed by atoms with E-state index in [1.165, 1.54) is 12.1 Å². The Morgan fingerprint density at radius 1 is 1.27 bits per heavy atom. The largest absolute Gasteiger partial charge is 0.341 e. The Bertz CT molecular complexity index is 831. The molecule has 3 nitrogen and oxygen atoms in total. The highest BCUT2D eigenvalue weighted by Gasteiger charge is 2.18. The summed E-state index contributed by atoms with van der Waals surface area (Å²) < 4.78 is 24.8. The minimum absolute atomic E-state index is 0.0937. The van der Waals surface area contributed by atoms with Gasteiger partial charge in [0, 0.05) is 23.2 Å². The van der Waals surface area contributed by atoms with Gasteiger partial charge in [-0.1, -0.05) is 42.7 Å². The lowest BCUT2D eigenvalue weighted by molar-refractivity contribution is -0.160. The van der Waals surface area contributed by atoms with Gasteiger partial charge in [0.1, 0.15) is 5.82 Å². The van der Waals surface area contributed by atoms with Crippen LogP contribution in [-0.2, 0) is 9.47 Å². The van der Waals surface area contributed by atoms with E-state index >= 15 is 0 Å². The number of allylic oxidation sites excluding steroid dienone is 1. The number of halogens is 2. The van der Waals surface area contributed by atoms with Gasteiger partial charge in [-0.3, -0.25) is 4.98 Å². The summed E-state index contributed by atoms with van der Waals surface area (Å²) in [6, 6.07) is 8.23. The molecule has 5 heteroatoms. The predicted octanol–water partition coefficient (Wildman–Crippen LogP) is 4.85. The molecule has 0 N–H and O–H groups in total. The minimum Gasteiger partial charge on any atom is -0.341 e. The van der Waals surface area contributed by atoms with Crippen molar-refractivity contribution in [3.05, 3.63) is 65.1 Å². The van der Waals surface area contributed by atoms with Crippen molar-refractivity contribution in [1.29, 1.82) is 0 Å². The van der Waals surface area contributed by atoms with E-state index in [1.807, 2.05) is 6.07 Å². The van der Waals surface area contributed by atoms with Crippen molar-refractivity contribution < 1.29 is 13.9 Å². The Labute approximate surface area is 157 Å². The fourth-order valence-electron chi connectivity index (χ4n) is 2.48. The van der Waals surface area contributed by atoms with E-state index < -0.39 is 12.1 Å². The quantitative estimate of drug-likeness (QED) is 0.571. The maximum Gasteiger partial charge on any atom is 0.222 e. The van der Waals surface area contributed by atoms with Crippen molar-refractivity contribution in [2.45, 2.75) is 19.6 Å². The van der Waals surface area contributed by atoms with Crippen LogP contribution < -0.4 is 0 Å². The van der Waals surface area contributed by atoms with Crippen LogP contribution in [-0.4, -0.2) is 24.5 Å². The van der Waals surface area contributed by atoms with Gasteiger partial charge >= 0.3 is 0 Å². The lowest BCUT2D eigenvalue weighted by atomic mass is 10.1. The molecule has 0 aliphatic carbocycles. The molecule has 0 amide bonds. The molecule has 1 aliphatic rings. The van der Waals surface area contributed by atoms with Crippen LogP contribution >= 0.6 is 11.6 Å². The second kappa shape index (κ2) is 8.95. The molecule has 1 fully saturated rings. The van der Waals surface area contributed by atoms with Crippen LogP contribution in [0.1, 0.15) is 18.9 Å². The van der Waals surface area contributed by atoms with Crippen LogP contribution in [0.25, 0.3) is 11.3 Å². The molecule has 0 atom stereocenters. The van der Waals surface area contributed by atoms with Gasteiger partial charge in [0.2, 0.25) is 6.29 Å². The third-order valence-corrected chi connectivity index (χ3v) is 4.19. The first-order chi connectivity index (χ1) is 12.7. The van der Waals surface area contributed by atoms with Crippen molar-refractivity contribution in [3.63, 3.8) is 0 Å². The first-order valence-electron chi connectivity index (χ1n) is 8.48. The zero-order valence-electron chi connectivity index (χ0n) is 14.4. The maximum atomic E-state index is 13.6. The van der Waals surface area contributed by atoms with Crippen molar-refractivity contribution in [2.75, 3.05) is 13.2 Å². The number of nitrogens with zero attached hydrogens (tertiary/aromatic N) is 1. The normalized spacial score (nSPS) is 20.0. The third-order valence-electron chi connectivity index (χ3n) is 3.88. The Hall–Kier alpha value is -2.19. The number of hydrogen-bond acceptors (Lipinski definition) is 3. The summed E-state index contributed by atoms with van der Waals surface area (Å²) in [5.41, 5.74) is 2.06. The molecule has 2 heterocycles. The highest BCUT2D eigenvalue weighted by Crippen LogP contribution is 2.22. The van der Waals surface area contributed by atoms with E-state index in [-0.39, 0.29) is 10.9 Å². The van der Waals surface area contributed by atoms with Gasteiger partial charge in [-0.2, -0.15) is 0 Å². The molecule has 1 aromatic carbocycles. The molecular weight excluding hydrogens is 353 g/mol. The van der Waals surface area contributed by atoms with Gasteiger partial charge < -0.3 is 9.47 Å². The van der Waals surface area contributed by atoms with Crippen LogP contribution in [0.3, 0.4) is 0 Å². The molecule has 0 spiro atoms. The van der Waals surface area contributed by atoms with Crippen LogP contribution in [0.4, 0.5) is 4.39 Å². The summed E-state index contributed by atoms with van der Waals surface area (Å²) in [4.78, 5) is 4.33. The third kappa shape index (κ3) is 4.92. The second-order valence-corrected chi connectivity index (χ2v) is 6.33. The number of rotatable bonds is 3. The molecule has 1 aliphatic heterocycles. The van der Waals surface area contributed by atoms with E-state index in [1.54, 1.807) is 18.3 Å². The predicted molar refractivity (Wildman–Crippen MR) is 100 cm³/mol. The van der Waals surface area contributed by atoms with Crippen molar-refractivity contribution >= 4 is 11.6 Å². The van der Waals surface area contributed by atoms with Crippen LogP contribution in [0, 0.1) is 23.6 Å². The number of hydrogen-bond donors (Lipinski definition) is 0. The van der Waals surface area contributed by atoms with E-state index in [0.29, 0.717) is 24.5 Å². The lowest BCUT2D eigenvalue weighted by Crippen LogP contribution is -2.30. The minimum atomic E-state index is -0.522. The van der Waals surface area contributed by atoms with Crippen LogP contribution in [0.15, 0.2) is 48.7 Å². The summed E-state index contributed by atoms with van der Waals surface area (Å²) in [6.07, 6.45) is 6.36. The molecule has 0 bridgehead atoms. The van der Waals surface area contributed by atoms with E-state index in [4.69, 9.17) is 21.1 Å². The number of benzene rings is 1. The van der Waals surface area contributed by atoms with Gasteiger partial charge in [-0.05, 0) is 36.6 Å². The summed E-state index contributed by atoms with van der Waals surface area (Å²) in [5, 5.41) is 0.0937. The summed E-state index contributed by atoms with van der Waals surface area (Å²) in [7, 11) is 0. The molecular formula is C21H19ClFNO2. The van der Waals surface area contributed by atoms with E-state index in [2.05, 4.69) is 35.9 Å². The van der Waals surface area contributed by atoms with Crippen molar-refractivity contribution in [3.8, 4) is 23.1 Å². The lowest BCUT2D eigenvalue weighted by Gasteiger charge is -2.24. The highest BCUT2D eigenvalue weighted by atomic mass is 35.5. The molecule has 0 unspecified atom stereocenters. The van der Waals surface area contributed by atoms with Crippen LogP contribution in [0.5, 0.6) is 0 Å². The Morgan fingerprint density at radius 3 is 2.73 bits per heavy atom. The fourth-order valence-corrected chi connectivity index (χ4v) is 2.60. The standard InChI is InChI=1S/C21H19ClFNO2/c1-2-3-4-16-13-25-21(26-14-16)10-6-15-5-9-20(24-12-15)17-7-8-18(22)19(23)11-17/h3-5,7-9,11-12,16,21H,2,13-14H2,1H3/t16-,21-. The molecule has 2 aromatic rings. The SMILES string of the molecule is CCC=C[C@H]1CO[C@H](C#Cc2ccc(-c3ccc(Cl)c(F)c3)nc2)OC1. The summed E-state index contributed by atoms with van der Waals surface area (Å²) in [5.74, 6) is 5.77. The first kappa shape index (κ1) is 18.6. The number of pyridine rings is 1. The Balaban J connectivity index is 1.61. The van der Waals surface area contributed by atoms with Gasteiger partial charge in [-0.25, -0.2) is 4.39 Å². The average Bonchev–Trinajstić information content (AvgIpc) is 2.68. The molecule has 3 rings (SSSR count). The molecule has 26 heavy (non-hydrogen) atoms. The smallest absolute Gasteiger partial charge is 0.222 e. The van der Waals surface area contributed by atoms with Crippen molar-refractivity contribution in [2.24, 2.45) is 5.92 Å². The molecule has 1 aromatic heterocycles. The second-order valence-electron chi connectivity index (χ2n) is 5.93. The zero-order chi connectivity index (χ0) is 18.4. The molecule has 1 saturated heterocycles. The molecule has 134 valence electrons. The zero-order valence-corrected chi connectivity index (χ0v) is 15.2. The fraction of sp³-hybridized carbons (Fsp3) is 0.286. The molecule has 0 radical (unpaired) electrons. The van der Waals surface area contributed by atoms with Gasteiger partial charge in [-0.15, -0.1) is 0 Å².